The normalized spacial score (nSPS) is 14.1. The first-order valence-electron chi connectivity index (χ1n) is 8.45. The van der Waals surface area contributed by atoms with E-state index in [1.807, 2.05) is 0 Å². The molecule has 0 aliphatic carbocycles. The molecular weight excluding hydrogens is 335 g/mol. The topological polar surface area (TPSA) is 64.7 Å². The summed E-state index contributed by atoms with van der Waals surface area (Å²) in [6.07, 6.45) is 0. The number of rotatable bonds is 3. The van der Waals surface area contributed by atoms with Crippen LogP contribution in [0, 0.1) is 5.82 Å². The Morgan fingerprint density at radius 2 is 1.38 bits per heavy atom. The minimum Gasteiger partial charge on any atom is -0.368 e. The molecule has 0 spiro atoms. The Hall–Kier alpha value is -3.09. The highest BCUT2D eigenvalue weighted by Crippen LogP contribution is 2.18. The van der Waals surface area contributed by atoms with Crippen LogP contribution in [0.5, 0.6) is 0 Å². The molecule has 0 atom stereocenters. The molecule has 1 heterocycles. The van der Waals surface area contributed by atoms with Gasteiger partial charge in [-0.3, -0.25) is 4.79 Å². The Morgan fingerprint density at radius 1 is 0.846 bits per heavy atom. The maximum absolute atomic E-state index is 13.0. The van der Waals surface area contributed by atoms with E-state index < -0.39 is 0 Å². The summed E-state index contributed by atoms with van der Waals surface area (Å²) in [6.45, 7) is 4.02. The van der Waals surface area contributed by atoms with Gasteiger partial charge in [-0.1, -0.05) is 0 Å². The van der Waals surface area contributed by atoms with Crippen molar-refractivity contribution in [2.45, 2.75) is 6.92 Å². The molecule has 3 rings (SSSR count). The van der Waals surface area contributed by atoms with Gasteiger partial charge in [0.1, 0.15) is 5.82 Å². The number of urea groups is 1. The first-order chi connectivity index (χ1) is 12.5. The highest BCUT2D eigenvalue weighted by Gasteiger charge is 2.21. The van der Waals surface area contributed by atoms with Crippen molar-refractivity contribution in [3.05, 3.63) is 54.3 Å². The van der Waals surface area contributed by atoms with Gasteiger partial charge in [0.05, 0.1) is 0 Å². The van der Waals surface area contributed by atoms with Crippen LogP contribution in [0.3, 0.4) is 0 Å². The SMILES string of the molecule is CC(=O)Nc1ccc(NC(=O)N2CCN(c3ccc(F)cc3)CC2)cc1. The van der Waals surface area contributed by atoms with Crippen LogP contribution in [-0.4, -0.2) is 43.0 Å². The van der Waals surface area contributed by atoms with Crippen molar-refractivity contribution in [1.82, 2.24) is 4.90 Å². The van der Waals surface area contributed by atoms with Gasteiger partial charge in [-0.05, 0) is 48.5 Å². The number of benzene rings is 2. The Labute approximate surface area is 151 Å². The van der Waals surface area contributed by atoms with Crippen LogP contribution < -0.4 is 15.5 Å². The second-order valence-corrected chi connectivity index (χ2v) is 6.14. The quantitative estimate of drug-likeness (QED) is 0.888. The minimum atomic E-state index is -0.253. The molecule has 0 unspecified atom stereocenters. The molecule has 136 valence electrons. The van der Waals surface area contributed by atoms with Gasteiger partial charge in [-0.25, -0.2) is 9.18 Å². The monoisotopic (exact) mass is 356 g/mol. The third-order valence-electron chi connectivity index (χ3n) is 4.22. The molecular formula is C19H21FN4O2. The molecule has 2 N–H and O–H groups in total. The predicted octanol–water partition coefficient (Wildman–Crippen LogP) is 3.14. The van der Waals surface area contributed by atoms with Gasteiger partial charge in [-0.2, -0.15) is 0 Å². The Morgan fingerprint density at radius 3 is 1.92 bits per heavy atom. The Kier molecular flexibility index (Phi) is 5.36. The molecule has 7 heteroatoms. The molecule has 3 amide bonds. The number of anilines is 3. The van der Waals surface area contributed by atoms with E-state index in [9.17, 15) is 14.0 Å². The second-order valence-electron chi connectivity index (χ2n) is 6.14. The number of piperazine rings is 1. The molecule has 1 fully saturated rings. The van der Waals surface area contributed by atoms with Crippen molar-refractivity contribution in [2.24, 2.45) is 0 Å². The largest absolute Gasteiger partial charge is 0.368 e. The Balaban J connectivity index is 1.52. The standard InChI is InChI=1S/C19H21FN4O2/c1-14(25)21-16-4-6-17(7-5-16)22-19(26)24-12-10-23(11-13-24)18-8-2-15(20)3-9-18/h2-9H,10-13H2,1H3,(H,21,25)(H,22,26). The van der Waals surface area contributed by atoms with E-state index in [1.165, 1.54) is 19.1 Å². The van der Waals surface area contributed by atoms with Crippen molar-refractivity contribution in [3.8, 4) is 0 Å². The van der Waals surface area contributed by atoms with Crippen LogP contribution in [0.4, 0.5) is 26.2 Å². The van der Waals surface area contributed by atoms with Crippen LogP contribution in [-0.2, 0) is 4.79 Å². The zero-order chi connectivity index (χ0) is 18.5. The summed E-state index contributed by atoms with van der Waals surface area (Å²) in [7, 11) is 0. The molecule has 0 bridgehead atoms. The number of carbonyl (C=O) groups excluding carboxylic acids is 2. The molecule has 6 nitrogen and oxygen atoms in total. The molecule has 1 aliphatic heterocycles. The fourth-order valence-corrected chi connectivity index (χ4v) is 2.86. The van der Waals surface area contributed by atoms with Crippen LogP contribution >= 0.6 is 0 Å². The molecule has 1 saturated heterocycles. The number of nitrogens with one attached hydrogen (secondary N) is 2. The van der Waals surface area contributed by atoms with E-state index in [0.717, 1.165) is 5.69 Å². The van der Waals surface area contributed by atoms with E-state index in [4.69, 9.17) is 0 Å². The summed E-state index contributed by atoms with van der Waals surface area (Å²) in [5.74, 6) is -0.392. The molecule has 0 saturated carbocycles. The molecule has 2 aromatic rings. The molecule has 2 aromatic carbocycles. The number of amides is 3. The Bertz CT molecular complexity index is 769. The second kappa shape index (κ2) is 7.86. The summed E-state index contributed by atoms with van der Waals surface area (Å²) < 4.78 is 13.0. The lowest BCUT2D eigenvalue weighted by Crippen LogP contribution is -2.50. The first kappa shape index (κ1) is 17.7. The van der Waals surface area contributed by atoms with E-state index in [2.05, 4.69) is 15.5 Å². The van der Waals surface area contributed by atoms with Crippen molar-refractivity contribution in [3.63, 3.8) is 0 Å². The fourth-order valence-electron chi connectivity index (χ4n) is 2.86. The predicted molar refractivity (Wildman–Crippen MR) is 100.0 cm³/mol. The third-order valence-corrected chi connectivity index (χ3v) is 4.22. The first-order valence-corrected chi connectivity index (χ1v) is 8.45. The zero-order valence-corrected chi connectivity index (χ0v) is 14.5. The van der Waals surface area contributed by atoms with E-state index in [0.29, 0.717) is 37.6 Å². The number of carbonyl (C=O) groups is 2. The highest BCUT2D eigenvalue weighted by molar-refractivity contribution is 5.91. The summed E-state index contributed by atoms with van der Waals surface area (Å²) in [6, 6.07) is 13.2. The summed E-state index contributed by atoms with van der Waals surface area (Å²) in [5.41, 5.74) is 2.31. The summed E-state index contributed by atoms with van der Waals surface area (Å²) in [5, 5.41) is 5.54. The number of halogens is 1. The lowest BCUT2D eigenvalue weighted by atomic mass is 10.2. The van der Waals surface area contributed by atoms with Crippen LogP contribution in [0.1, 0.15) is 6.92 Å². The van der Waals surface area contributed by atoms with Gasteiger partial charge < -0.3 is 20.4 Å². The van der Waals surface area contributed by atoms with E-state index in [-0.39, 0.29) is 17.8 Å². The van der Waals surface area contributed by atoms with Gasteiger partial charge in [-0.15, -0.1) is 0 Å². The summed E-state index contributed by atoms with van der Waals surface area (Å²) in [4.78, 5) is 27.3. The van der Waals surface area contributed by atoms with Crippen molar-refractivity contribution in [1.29, 1.82) is 0 Å². The van der Waals surface area contributed by atoms with Crippen molar-refractivity contribution >= 4 is 29.0 Å². The smallest absolute Gasteiger partial charge is 0.321 e. The average Bonchev–Trinajstić information content (AvgIpc) is 2.64. The molecule has 0 aromatic heterocycles. The zero-order valence-electron chi connectivity index (χ0n) is 14.5. The van der Waals surface area contributed by atoms with Crippen molar-refractivity contribution in [2.75, 3.05) is 41.7 Å². The molecule has 1 aliphatic rings. The fraction of sp³-hybridized carbons (Fsp3) is 0.263. The maximum atomic E-state index is 13.0. The number of hydrogen-bond acceptors (Lipinski definition) is 3. The van der Waals surface area contributed by atoms with E-state index >= 15 is 0 Å². The van der Waals surface area contributed by atoms with Crippen LogP contribution in [0.25, 0.3) is 0 Å². The van der Waals surface area contributed by atoms with Gasteiger partial charge in [0.2, 0.25) is 5.91 Å². The highest BCUT2D eigenvalue weighted by atomic mass is 19.1. The molecule has 0 radical (unpaired) electrons. The van der Waals surface area contributed by atoms with Crippen LogP contribution in [0.15, 0.2) is 48.5 Å². The average molecular weight is 356 g/mol. The van der Waals surface area contributed by atoms with Gasteiger partial charge in [0, 0.05) is 50.2 Å². The van der Waals surface area contributed by atoms with Crippen molar-refractivity contribution < 1.29 is 14.0 Å². The lowest BCUT2D eigenvalue weighted by molar-refractivity contribution is -0.114. The van der Waals surface area contributed by atoms with Gasteiger partial charge in [0.25, 0.3) is 0 Å². The summed E-state index contributed by atoms with van der Waals surface area (Å²) >= 11 is 0. The van der Waals surface area contributed by atoms with Gasteiger partial charge >= 0.3 is 6.03 Å². The minimum absolute atomic E-state index is 0.138. The third kappa shape index (κ3) is 4.50. The molecule has 26 heavy (non-hydrogen) atoms. The van der Waals surface area contributed by atoms with Crippen LogP contribution in [0.2, 0.25) is 0 Å². The van der Waals surface area contributed by atoms with Gasteiger partial charge in [0.15, 0.2) is 0 Å². The number of nitrogens with zero attached hydrogens (tertiary/aromatic N) is 2. The number of hydrogen-bond donors (Lipinski definition) is 2. The maximum Gasteiger partial charge on any atom is 0.321 e. The van der Waals surface area contributed by atoms with E-state index in [1.54, 1.807) is 41.3 Å². The lowest BCUT2D eigenvalue weighted by Gasteiger charge is -2.36.